The van der Waals surface area contributed by atoms with Gasteiger partial charge in [-0.3, -0.25) is 4.79 Å². The predicted molar refractivity (Wildman–Crippen MR) is 78.2 cm³/mol. The molecule has 108 valence electrons. The number of methoxy groups -OCH3 is 2. The zero-order valence-corrected chi connectivity index (χ0v) is 11.7. The zero-order valence-electron chi connectivity index (χ0n) is 11.7. The van der Waals surface area contributed by atoms with Gasteiger partial charge < -0.3 is 13.9 Å². The minimum Gasteiger partial charge on any atom is -0.497 e. The Morgan fingerprint density at radius 2 is 1.81 bits per heavy atom. The monoisotopic (exact) mass is 286 g/mol. The molecule has 0 atom stereocenters. The minimum absolute atomic E-state index is 0.126. The number of hydrogen-bond donors (Lipinski definition) is 0. The number of rotatable bonds is 4. The van der Waals surface area contributed by atoms with Gasteiger partial charge in [-0.15, -0.1) is 0 Å². The first-order chi connectivity index (χ1) is 10.1. The summed E-state index contributed by atoms with van der Waals surface area (Å²) in [5.41, 5.74) is 0.581. The normalized spacial score (nSPS) is 10.6. The number of carbonyl (C=O) groups excluding carboxylic acids is 1. The third-order valence-electron chi connectivity index (χ3n) is 2.73. The molecule has 0 spiro atoms. The van der Waals surface area contributed by atoms with Gasteiger partial charge in [-0.2, -0.15) is 0 Å². The lowest BCUT2D eigenvalue weighted by atomic mass is 10.2. The van der Waals surface area contributed by atoms with E-state index in [1.54, 1.807) is 19.3 Å². The van der Waals surface area contributed by atoms with Gasteiger partial charge in [-0.1, -0.05) is 18.2 Å². The molecule has 0 N–H and O–H groups in total. The van der Waals surface area contributed by atoms with Crippen molar-refractivity contribution in [1.29, 1.82) is 0 Å². The molecule has 0 aliphatic rings. The zero-order chi connectivity index (χ0) is 15.2. The van der Waals surface area contributed by atoms with Crippen LogP contribution in [0.5, 0.6) is 5.75 Å². The molecule has 2 aromatic rings. The van der Waals surface area contributed by atoms with Gasteiger partial charge in [0.1, 0.15) is 11.5 Å². The Kier molecular flexibility index (Phi) is 4.56. The number of hydrogen-bond acceptors (Lipinski definition) is 5. The maximum absolute atomic E-state index is 11.5. The second kappa shape index (κ2) is 6.56. The van der Waals surface area contributed by atoms with Crippen molar-refractivity contribution in [3.8, 4) is 5.75 Å². The molecule has 0 radical (unpaired) electrons. The molecule has 0 fully saturated rings. The van der Waals surface area contributed by atoms with Crippen molar-refractivity contribution in [2.75, 3.05) is 14.2 Å². The van der Waals surface area contributed by atoms with Crippen molar-refractivity contribution < 1.29 is 18.7 Å². The molecule has 0 unspecified atom stereocenters. The fourth-order valence-electron chi connectivity index (χ4n) is 1.67. The molecule has 5 nitrogen and oxygen atoms in total. The van der Waals surface area contributed by atoms with Crippen molar-refractivity contribution in [1.82, 2.24) is 0 Å². The maximum atomic E-state index is 11.5. The number of esters is 1. The Hall–Kier alpha value is -2.82. The van der Waals surface area contributed by atoms with E-state index in [4.69, 9.17) is 9.15 Å². The van der Waals surface area contributed by atoms with E-state index in [2.05, 4.69) is 4.74 Å². The van der Waals surface area contributed by atoms with Crippen LogP contribution >= 0.6 is 0 Å². The molecule has 2 rings (SSSR count). The van der Waals surface area contributed by atoms with Gasteiger partial charge in [0.25, 0.3) is 0 Å². The maximum Gasteiger partial charge on any atom is 0.374 e. The quantitative estimate of drug-likeness (QED) is 0.808. The van der Waals surface area contributed by atoms with Crippen LogP contribution in [0.3, 0.4) is 0 Å². The Balaban J connectivity index is 2.25. The Labute approximate surface area is 121 Å². The van der Waals surface area contributed by atoms with Gasteiger partial charge in [0.05, 0.1) is 14.2 Å². The van der Waals surface area contributed by atoms with E-state index in [1.165, 1.54) is 13.2 Å². The molecular formula is C16H14O5. The average Bonchev–Trinajstić information content (AvgIpc) is 2.52. The molecule has 0 aliphatic heterocycles. The van der Waals surface area contributed by atoms with Crippen LogP contribution in [0.25, 0.3) is 12.2 Å². The predicted octanol–water partition coefficient (Wildman–Crippen LogP) is 2.61. The van der Waals surface area contributed by atoms with Gasteiger partial charge in [0, 0.05) is 12.1 Å². The molecule has 1 heterocycles. The SMILES string of the molecule is COC(=O)c1cc(=O)cc(/C=C/c2ccc(OC)cc2)o1. The van der Waals surface area contributed by atoms with E-state index in [1.807, 2.05) is 24.3 Å². The van der Waals surface area contributed by atoms with Gasteiger partial charge >= 0.3 is 5.97 Å². The number of benzene rings is 1. The Bertz CT molecular complexity index is 710. The van der Waals surface area contributed by atoms with Crippen LogP contribution in [-0.4, -0.2) is 20.2 Å². The molecule has 0 saturated carbocycles. The third-order valence-corrected chi connectivity index (χ3v) is 2.73. The fourth-order valence-corrected chi connectivity index (χ4v) is 1.67. The van der Waals surface area contributed by atoms with Gasteiger partial charge in [0.15, 0.2) is 5.43 Å². The number of ether oxygens (including phenoxy) is 2. The van der Waals surface area contributed by atoms with Gasteiger partial charge in [-0.05, 0) is 23.8 Å². The summed E-state index contributed by atoms with van der Waals surface area (Å²) in [5.74, 6) is 0.219. The van der Waals surface area contributed by atoms with Gasteiger partial charge in [-0.25, -0.2) is 4.79 Å². The molecule has 0 aliphatic carbocycles. The first kappa shape index (κ1) is 14.6. The standard InChI is InChI=1S/C16H14O5/c1-19-13-6-3-11(4-7-13)5-8-14-9-12(17)10-15(21-14)16(18)20-2/h3-10H,1-2H3/b8-5+. The minimum atomic E-state index is -0.688. The van der Waals surface area contributed by atoms with E-state index in [0.717, 1.165) is 17.4 Å². The lowest BCUT2D eigenvalue weighted by Gasteiger charge is -2.00. The summed E-state index contributed by atoms with van der Waals surface area (Å²) in [4.78, 5) is 22.9. The first-order valence-corrected chi connectivity index (χ1v) is 6.18. The second-order valence-electron chi connectivity index (χ2n) is 4.16. The Morgan fingerprint density at radius 3 is 2.43 bits per heavy atom. The van der Waals surface area contributed by atoms with Crippen LogP contribution in [0.1, 0.15) is 21.9 Å². The largest absolute Gasteiger partial charge is 0.497 e. The molecule has 0 bridgehead atoms. The molecule has 5 heteroatoms. The van der Waals surface area contributed by atoms with Crippen molar-refractivity contribution in [2.24, 2.45) is 0 Å². The van der Waals surface area contributed by atoms with Crippen molar-refractivity contribution in [2.45, 2.75) is 0 Å². The highest BCUT2D eigenvalue weighted by Gasteiger charge is 2.09. The van der Waals surface area contributed by atoms with Crippen molar-refractivity contribution in [3.63, 3.8) is 0 Å². The molecule has 1 aromatic heterocycles. The highest BCUT2D eigenvalue weighted by Crippen LogP contribution is 2.14. The summed E-state index contributed by atoms with van der Waals surface area (Å²) >= 11 is 0. The fraction of sp³-hybridized carbons (Fsp3) is 0.125. The molecular weight excluding hydrogens is 272 g/mol. The average molecular weight is 286 g/mol. The summed E-state index contributed by atoms with van der Waals surface area (Å²) in [6, 6.07) is 9.75. The Morgan fingerprint density at radius 1 is 1.10 bits per heavy atom. The second-order valence-corrected chi connectivity index (χ2v) is 4.16. The first-order valence-electron chi connectivity index (χ1n) is 6.18. The lowest BCUT2D eigenvalue weighted by Crippen LogP contribution is -2.07. The van der Waals surface area contributed by atoms with Crippen LogP contribution in [0, 0.1) is 0 Å². The summed E-state index contributed by atoms with van der Waals surface area (Å²) < 4.78 is 14.9. The summed E-state index contributed by atoms with van der Waals surface area (Å²) in [6.07, 6.45) is 3.37. The molecule has 21 heavy (non-hydrogen) atoms. The van der Waals surface area contributed by atoms with Crippen LogP contribution in [0.2, 0.25) is 0 Å². The van der Waals surface area contributed by atoms with Crippen LogP contribution < -0.4 is 10.2 Å². The topological polar surface area (TPSA) is 65.7 Å². The third kappa shape index (κ3) is 3.82. The van der Waals surface area contributed by atoms with Crippen LogP contribution in [-0.2, 0) is 4.74 Å². The van der Waals surface area contributed by atoms with E-state index in [9.17, 15) is 9.59 Å². The summed E-state index contributed by atoms with van der Waals surface area (Å²) in [6.45, 7) is 0. The van der Waals surface area contributed by atoms with Crippen molar-refractivity contribution >= 4 is 18.1 Å². The van der Waals surface area contributed by atoms with Gasteiger partial charge in [0.2, 0.25) is 5.76 Å². The van der Waals surface area contributed by atoms with E-state index >= 15 is 0 Å². The summed E-state index contributed by atoms with van der Waals surface area (Å²) in [7, 11) is 2.82. The lowest BCUT2D eigenvalue weighted by molar-refractivity contribution is 0.0561. The van der Waals surface area contributed by atoms with Crippen LogP contribution in [0.4, 0.5) is 0 Å². The number of carbonyl (C=O) groups is 1. The van der Waals surface area contributed by atoms with E-state index < -0.39 is 5.97 Å². The highest BCUT2D eigenvalue weighted by molar-refractivity contribution is 5.86. The highest BCUT2D eigenvalue weighted by atomic mass is 16.5. The molecule has 0 amide bonds. The molecule has 0 saturated heterocycles. The van der Waals surface area contributed by atoms with E-state index in [-0.39, 0.29) is 16.9 Å². The summed E-state index contributed by atoms with van der Waals surface area (Å²) in [5, 5.41) is 0. The molecule has 1 aromatic carbocycles. The van der Waals surface area contributed by atoms with Crippen molar-refractivity contribution in [3.05, 3.63) is 63.7 Å². The smallest absolute Gasteiger partial charge is 0.374 e. The van der Waals surface area contributed by atoms with Crippen LogP contribution in [0.15, 0.2) is 45.6 Å². The van der Waals surface area contributed by atoms with E-state index in [0.29, 0.717) is 0 Å².